The van der Waals surface area contributed by atoms with Crippen molar-refractivity contribution in [3.63, 3.8) is 0 Å². The quantitative estimate of drug-likeness (QED) is 0.775. The van der Waals surface area contributed by atoms with E-state index >= 15 is 0 Å². The highest BCUT2D eigenvalue weighted by molar-refractivity contribution is 5.08. The predicted molar refractivity (Wildman–Crippen MR) is 56.7 cm³/mol. The van der Waals surface area contributed by atoms with Crippen molar-refractivity contribution in [2.75, 3.05) is 7.05 Å². The number of pyridine rings is 1. The molecule has 0 atom stereocenters. The summed E-state index contributed by atoms with van der Waals surface area (Å²) in [5, 5.41) is 0. The zero-order chi connectivity index (χ0) is 9.97. The summed E-state index contributed by atoms with van der Waals surface area (Å²) < 4.78 is 0. The molecule has 0 amide bonds. The maximum absolute atomic E-state index is 5.76. The Hall–Kier alpha value is -0.930. The van der Waals surface area contributed by atoms with Crippen molar-refractivity contribution in [2.24, 2.45) is 5.73 Å². The van der Waals surface area contributed by atoms with Gasteiger partial charge in [-0.15, -0.1) is 0 Å². The summed E-state index contributed by atoms with van der Waals surface area (Å²) in [6.45, 7) is 0.977. The van der Waals surface area contributed by atoms with Gasteiger partial charge in [-0.3, -0.25) is 9.88 Å². The highest BCUT2D eigenvalue weighted by Gasteiger charge is 2.28. The van der Waals surface area contributed by atoms with E-state index in [1.807, 2.05) is 18.5 Å². The van der Waals surface area contributed by atoms with Crippen LogP contribution in [0.15, 0.2) is 24.5 Å². The molecule has 0 aromatic carbocycles. The monoisotopic (exact) mass is 191 g/mol. The van der Waals surface area contributed by atoms with Gasteiger partial charge in [0.15, 0.2) is 0 Å². The van der Waals surface area contributed by atoms with Crippen LogP contribution in [0.5, 0.6) is 0 Å². The number of rotatable bonds is 3. The Morgan fingerprint density at radius 3 is 2.93 bits per heavy atom. The summed E-state index contributed by atoms with van der Waals surface area (Å²) in [5.74, 6) is 0. The van der Waals surface area contributed by atoms with Crippen LogP contribution in [-0.2, 0) is 6.54 Å². The van der Waals surface area contributed by atoms with E-state index < -0.39 is 0 Å². The standard InChI is InChI=1S/C11H17N3/c1-14(11-5-10(12)6-11)8-9-3-2-4-13-7-9/h2-4,7,10-11H,5-6,8,12H2,1H3. The van der Waals surface area contributed by atoms with E-state index in [9.17, 15) is 0 Å². The molecule has 2 N–H and O–H groups in total. The van der Waals surface area contributed by atoms with Crippen LogP contribution in [0.25, 0.3) is 0 Å². The van der Waals surface area contributed by atoms with E-state index in [1.165, 1.54) is 5.56 Å². The van der Waals surface area contributed by atoms with E-state index in [1.54, 1.807) is 0 Å². The molecule has 0 bridgehead atoms. The smallest absolute Gasteiger partial charge is 0.0312 e. The molecule has 0 aliphatic heterocycles. The highest BCUT2D eigenvalue weighted by atomic mass is 15.1. The largest absolute Gasteiger partial charge is 0.328 e. The molecule has 2 rings (SSSR count). The molecule has 0 radical (unpaired) electrons. The molecule has 0 saturated heterocycles. The zero-order valence-electron chi connectivity index (χ0n) is 8.56. The second-order valence-corrected chi connectivity index (χ2v) is 4.16. The summed E-state index contributed by atoms with van der Waals surface area (Å²) in [7, 11) is 2.16. The molecule has 1 heterocycles. The number of hydrogen-bond acceptors (Lipinski definition) is 3. The van der Waals surface area contributed by atoms with E-state index in [0.29, 0.717) is 12.1 Å². The first-order chi connectivity index (χ1) is 6.75. The number of nitrogens with two attached hydrogens (primary N) is 1. The molecule has 1 saturated carbocycles. The van der Waals surface area contributed by atoms with Crippen LogP contribution in [0.3, 0.4) is 0 Å². The molecule has 0 spiro atoms. The van der Waals surface area contributed by atoms with Crippen LogP contribution >= 0.6 is 0 Å². The first-order valence-electron chi connectivity index (χ1n) is 5.10. The van der Waals surface area contributed by atoms with Gasteiger partial charge >= 0.3 is 0 Å². The summed E-state index contributed by atoms with van der Waals surface area (Å²) in [5.41, 5.74) is 7.03. The minimum absolute atomic E-state index is 0.427. The second-order valence-electron chi connectivity index (χ2n) is 4.16. The van der Waals surface area contributed by atoms with Crippen molar-refractivity contribution in [1.29, 1.82) is 0 Å². The number of nitrogens with zero attached hydrogens (tertiary/aromatic N) is 2. The molecule has 0 unspecified atom stereocenters. The predicted octanol–water partition coefficient (Wildman–Crippen LogP) is 1.00. The van der Waals surface area contributed by atoms with Gasteiger partial charge in [0.2, 0.25) is 0 Å². The Labute approximate surface area is 84.9 Å². The van der Waals surface area contributed by atoms with E-state index in [2.05, 4.69) is 23.0 Å². The lowest BCUT2D eigenvalue weighted by Crippen LogP contribution is -2.48. The van der Waals surface area contributed by atoms with Gasteiger partial charge in [0.05, 0.1) is 0 Å². The second kappa shape index (κ2) is 4.07. The van der Waals surface area contributed by atoms with Gasteiger partial charge in [0.25, 0.3) is 0 Å². The fraction of sp³-hybridized carbons (Fsp3) is 0.545. The first-order valence-corrected chi connectivity index (χ1v) is 5.10. The van der Waals surface area contributed by atoms with Crippen molar-refractivity contribution >= 4 is 0 Å². The molecule has 3 heteroatoms. The lowest BCUT2D eigenvalue weighted by Gasteiger charge is -2.39. The van der Waals surface area contributed by atoms with Crippen LogP contribution < -0.4 is 5.73 Å². The molecule has 1 aliphatic rings. The summed E-state index contributed by atoms with van der Waals surface area (Å²) in [6.07, 6.45) is 6.01. The zero-order valence-corrected chi connectivity index (χ0v) is 8.56. The highest BCUT2D eigenvalue weighted by Crippen LogP contribution is 2.23. The van der Waals surface area contributed by atoms with Crippen LogP contribution in [0.2, 0.25) is 0 Å². The minimum atomic E-state index is 0.427. The summed E-state index contributed by atoms with van der Waals surface area (Å²) >= 11 is 0. The summed E-state index contributed by atoms with van der Waals surface area (Å²) in [6, 6.07) is 5.19. The lowest BCUT2D eigenvalue weighted by atomic mass is 9.86. The van der Waals surface area contributed by atoms with Gasteiger partial charge in [0, 0.05) is 31.0 Å². The Bertz CT molecular complexity index is 280. The Kier molecular flexibility index (Phi) is 2.79. The maximum Gasteiger partial charge on any atom is 0.0312 e. The minimum Gasteiger partial charge on any atom is -0.328 e. The van der Waals surface area contributed by atoms with Crippen molar-refractivity contribution in [2.45, 2.75) is 31.5 Å². The molecule has 1 aromatic rings. The number of hydrogen-bond donors (Lipinski definition) is 1. The third kappa shape index (κ3) is 2.11. The molecule has 3 nitrogen and oxygen atoms in total. The fourth-order valence-corrected chi connectivity index (χ4v) is 1.90. The topological polar surface area (TPSA) is 42.2 Å². The lowest BCUT2D eigenvalue weighted by molar-refractivity contribution is 0.132. The van der Waals surface area contributed by atoms with Gasteiger partial charge < -0.3 is 5.73 Å². The molecule has 76 valence electrons. The molecule has 14 heavy (non-hydrogen) atoms. The molecular formula is C11H17N3. The molecule has 1 fully saturated rings. The molecule has 1 aliphatic carbocycles. The van der Waals surface area contributed by atoms with Gasteiger partial charge in [0.1, 0.15) is 0 Å². The maximum atomic E-state index is 5.76. The van der Waals surface area contributed by atoms with Crippen LogP contribution in [0.4, 0.5) is 0 Å². The van der Waals surface area contributed by atoms with Gasteiger partial charge in [-0.05, 0) is 31.5 Å². The fourth-order valence-electron chi connectivity index (χ4n) is 1.90. The molecule has 1 aromatic heterocycles. The molecular weight excluding hydrogens is 174 g/mol. The summed E-state index contributed by atoms with van der Waals surface area (Å²) in [4.78, 5) is 6.47. The average molecular weight is 191 g/mol. The number of aromatic nitrogens is 1. The Balaban J connectivity index is 1.86. The Morgan fingerprint density at radius 1 is 1.57 bits per heavy atom. The third-order valence-corrected chi connectivity index (χ3v) is 2.93. The van der Waals surface area contributed by atoms with Crippen molar-refractivity contribution in [1.82, 2.24) is 9.88 Å². The van der Waals surface area contributed by atoms with Crippen LogP contribution in [-0.4, -0.2) is 29.0 Å². The van der Waals surface area contributed by atoms with Gasteiger partial charge in [-0.2, -0.15) is 0 Å². The van der Waals surface area contributed by atoms with E-state index in [0.717, 1.165) is 19.4 Å². The normalized spacial score (nSPS) is 26.2. The van der Waals surface area contributed by atoms with Gasteiger partial charge in [-0.1, -0.05) is 6.07 Å². The van der Waals surface area contributed by atoms with E-state index in [4.69, 9.17) is 5.73 Å². The van der Waals surface area contributed by atoms with Crippen molar-refractivity contribution in [3.05, 3.63) is 30.1 Å². The Morgan fingerprint density at radius 2 is 2.36 bits per heavy atom. The van der Waals surface area contributed by atoms with Crippen LogP contribution in [0, 0.1) is 0 Å². The van der Waals surface area contributed by atoms with Crippen molar-refractivity contribution < 1.29 is 0 Å². The van der Waals surface area contributed by atoms with Gasteiger partial charge in [-0.25, -0.2) is 0 Å². The first kappa shape index (κ1) is 9.62. The third-order valence-electron chi connectivity index (χ3n) is 2.93. The average Bonchev–Trinajstić information content (AvgIpc) is 2.14. The van der Waals surface area contributed by atoms with Crippen LogP contribution in [0.1, 0.15) is 18.4 Å². The van der Waals surface area contributed by atoms with E-state index in [-0.39, 0.29) is 0 Å². The van der Waals surface area contributed by atoms with Crippen molar-refractivity contribution in [3.8, 4) is 0 Å². The SMILES string of the molecule is CN(Cc1cccnc1)C1CC(N)C1.